The number of hydrogen-bond acceptors (Lipinski definition) is 8. The van der Waals surface area contributed by atoms with Gasteiger partial charge in [0.25, 0.3) is 0 Å². The lowest BCUT2D eigenvalue weighted by atomic mass is 10.1. The van der Waals surface area contributed by atoms with Crippen molar-refractivity contribution in [1.82, 2.24) is 14.5 Å². The van der Waals surface area contributed by atoms with Crippen LogP contribution < -0.4 is 11.5 Å². The SMILES string of the molecule is Nc1nc(COC(=O)Cn2c(=O)oc3ccccc32)nc2sc3c(c12)CCCCC3. The van der Waals surface area contributed by atoms with Crippen molar-refractivity contribution in [3.63, 3.8) is 0 Å². The monoisotopic (exact) mass is 424 g/mol. The maximum atomic E-state index is 12.3. The maximum Gasteiger partial charge on any atom is 0.420 e. The van der Waals surface area contributed by atoms with Gasteiger partial charge in [-0.25, -0.2) is 14.8 Å². The number of aryl methyl sites for hydroxylation is 2. The number of oxazole rings is 1. The summed E-state index contributed by atoms with van der Waals surface area (Å²) >= 11 is 1.65. The van der Waals surface area contributed by atoms with Gasteiger partial charge in [-0.1, -0.05) is 18.6 Å². The van der Waals surface area contributed by atoms with Crippen molar-refractivity contribution in [2.75, 3.05) is 5.73 Å². The van der Waals surface area contributed by atoms with Gasteiger partial charge in [-0.15, -0.1) is 11.3 Å². The van der Waals surface area contributed by atoms with Gasteiger partial charge in [-0.3, -0.25) is 9.36 Å². The maximum absolute atomic E-state index is 12.3. The second-order valence-corrected chi connectivity index (χ2v) is 8.44. The van der Waals surface area contributed by atoms with Crippen LogP contribution in [-0.2, 0) is 35.5 Å². The molecule has 5 rings (SSSR count). The highest BCUT2D eigenvalue weighted by atomic mass is 32.1. The first kappa shape index (κ1) is 18.8. The molecular formula is C21H20N4O4S. The summed E-state index contributed by atoms with van der Waals surface area (Å²) in [6.45, 7) is -0.354. The van der Waals surface area contributed by atoms with Crippen LogP contribution in [0.4, 0.5) is 5.82 Å². The normalized spacial score (nSPS) is 14.0. The summed E-state index contributed by atoms with van der Waals surface area (Å²) in [6.07, 6.45) is 5.62. The van der Waals surface area contributed by atoms with Crippen molar-refractivity contribution < 1.29 is 13.9 Å². The first-order chi connectivity index (χ1) is 14.6. The Morgan fingerprint density at radius 2 is 2.03 bits per heavy atom. The molecule has 0 unspecified atom stereocenters. The third-order valence-electron chi connectivity index (χ3n) is 5.36. The minimum absolute atomic E-state index is 0.105. The van der Waals surface area contributed by atoms with Crippen LogP contribution in [0.2, 0.25) is 0 Å². The fraction of sp³-hybridized carbons (Fsp3) is 0.333. The molecule has 0 spiro atoms. The molecule has 8 nitrogen and oxygen atoms in total. The lowest BCUT2D eigenvalue weighted by molar-refractivity contribution is -0.145. The largest absolute Gasteiger partial charge is 0.456 e. The average Bonchev–Trinajstić information content (AvgIpc) is 3.14. The van der Waals surface area contributed by atoms with Crippen LogP contribution in [0.15, 0.2) is 33.5 Å². The summed E-state index contributed by atoms with van der Waals surface area (Å²) < 4.78 is 11.7. The molecule has 0 saturated carbocycles. The number of hydrogen-bond donors (Lipinski definition) is 1. The number of carbonyl (C=O) groups excluding carboxylic acids is 1. The number of esters is 1. The Morgan fingerprint density at radius 1 is 1.20 bits per heavy atom. The summed E-state index contributed by atoms with van der Waals surface area (Å²) in [5.41, 5.74) is 8.48. The molecule has 0 fully saturated rings. The first-order valence-electron chi connectivity index (χ1n) is 9.91. The number of fused-ring (bicyclic) bond motifs is 4. The molecule has 0 aliphatic heterocycles. The van der Waals surface area contributed by atoms with Gasteiger partial charge in [0.15, 0.2) is 18.0 Å². The molecule has 0 saturated heterocycles. The van der Waals surface area contributed by atoms with E-state index in [0.717, 1.165) is 29.5 Å². The van der Waals surface area contributed by atoms with Crippen molar-refractivity contribution in [3.05, 3.63) is 51.1 Å². The molecule has 9 heteroatoms. The van der Waals surface area contributed by atoms with Gasteiger partial charge in [0.05, 0.1) is 10.9 Å². The van der Waals surface area contributed by atoms with Gasteiger partial charge >= 0.3 is 11.7 Å². The Bertz CT molecular complexity index is 1320. The Balaban J connectivity index is 1.34. The van der Waals surface area contributed by atoms with Gasteiger partial charge in [0.1, 0.15) is 17.2 Å². The number of rotatable bonds is 4. The summed E-state index contributed by atoms with van der Waals surface area (Å²) in [5, 5.41) is 0.948. The Kier molecular flexibility index (Phi) is 4.74. The van der Waals surface area contributed by atoms with E-state index in [1.807, 2.05) is 0 Å². The minimum Gasteiger partial charge on any atom is -0.456 e. The molecule has 4 aromatic rings. The van der Waals surface area contributed by atoms with Crippen molar-refractivity contribution >= 4 is 44.4 Å². The summed E-state index contributed by atoms with van der Waals surface area (Å²) in [7, 11) is 0. The number of benzene rings is 1. The van der Waals surface area contributed by atoms with Crippen LogP contribution in [0, 0.1) is 0 Å². The molecule has 0 radical (unpaired) electrons. The predicted molar refractivity (Wildman–Crippen MR) is 113 cm³/mol. The van der Waals surface area contributed by atoms with E-state index in [2.05, 4.69) is 9.97 Å². The van der Waals surface area contributed by atoms with Gasteiger partial charge in [-0.2, -0.15) is 0 Å². The second kappa shape index (κ2) is 7.56. The molecule has 1 aromatic carbocycles. The van der Waals surface area contributed by atoms with Crippen molar-refractivity contribution in [1.29, 1.82) is 0 Å². The molecule has 0 atom stereocenters. The number of nitrogens with two attached hydrogens (primary N) is 1. The van der Waals surface area contributed by atoms with Gasteiger partial charge < -0.3 is 14.9 Å². The number of anilines is 1. The van der Waals surface area contributed by atoms with Crippen LogP contribution in [-0.4, -0.2) is 20.5 Å². The van der Waals surface area contributed by atoms with E-state index >= 15 is 0 Å². The molecule has 0 bridgehead atoms. The molecule has 1 aliphatic rings. The fourth-order valence-electron chi connectivity index (χ4n) is 3.96. The topological polar surface area (TPSA) is 113 Å². The standard InChI is InChI=1S/C21H20N4O4S/c22-19-18-12-6-2-1-3-9-15(12)30-20(18)24-16(23-19)11-28-17(26)10-25-13-7-4-5-8-14(13)29-21(25)27/h4-5,7-8H,1-3,6,9-11H2,(H2,22,23,24). The van der Waals surface area contributed by atoms with E-state index in [9.17, 15) is 9.59 Å². The highest BCUT2D eigenvalue weighted by molar-refractivity contribution is 7.19. The van der Waals surface area contributed by atoms with Crippen LogP contribution >= 0.6 is 11.3 Å². The molecular weight excluding hydrogens is 404 g/mol. The van der Waals surface area contributed by atoms with E-state index in [0.29, 0.717) is 22.7 Å². The van der Waals surface area contributed by atoms with Crippen molar-refractivity contribution in [2.45, 2.75) is 45.3 Å². The number of ether oxygens (including phenoxy) is 1. The lowest BCUT2D eigenvalue weighted by Crippen LogP contribution is -2.22. The zero-order valence-corrected chi connectivity index (χ0v) is 17.0. The van der Waals surface area contributed by atoms with Crippen molar-refractivity contribution in [3.8, 4) is 0 Å². The Morgan fingerprint density at radius 3 is 2.93 bits per heavy atom. The number of para-hydroxylation sites is 2. The quantitative estimate of drug-likeness (QED) is 0.395. The van der Waals surface area contributed by atoms with E-state index in [1.165, 1.54) is 27.8 Å². The number of nitrogens with zero attached hydrogens (tertiary/aromatic N) is 3. The van der Waals surface area contributed by atoms with Crippen LogP contribution in [0.1, 0.15) is 35.5 Å². The molecule has 0 amide bonds. The smallest absolute Gasteiger partial charge is 0.420 e. The van der Waals surface area contributed by atoms with E-state index in [1.54, 1.807) is 35.6 Å². The number of nitrogen functional groups attached to an aromatic ring is 1. The summed E-state index contributed by atoms with van der Waals surface area (Å²) in [4.78, 5) is 35.4. The molecule has 3 heterocycles. The second-order valence-electron chi connectivity index (χ2n) is 7.35. The zero-order valence-electron chi connectivity index (χ0n) is 16.2. The minimum atomic E-state index is -0.602. The van der Waals surface area contributed by atoms with E-state index in [4.69, 9.17) is 14.9 Å². The first-order valence-corrected chi connectivity index (χ1v) is 10.7. The van der Waals surface area contributed by atoms with Crippen LogP contribution in [0.25, 0.3) is 21.3 Å². The highest BCUT2D eigenvalue weighted by Crippen LogP contribution is 2.37. The van der Waals surface area contributed by atoms with Crippen molar-refractivity contribution in [2.24, 2.45) is 0 Å². The third kappa shape index (κ3) is 3.35. The lowest BCUT2D eigenvalue weighted by Gasteiger charge is -2.06. The van der Waals surface area contributed by atoms with Gasteiger partial charge in [0.2, 0.25) is 0 Å². The molecule has 1 aliphatic carbocycles. The fourth-order valence-corrected chi connectivity index (χ4v) is 5.24. The molecule has 154 valence electrons. The molecule has 3 aromatic heterocycles. The van der Waals surface area contributed by atoms with Crippen LogP contribution in [0.3, 0.4) is 0 Å². The highest BCUT2D eigenvalue weighted by Gasteiger charge is 2.20. The van der Waals surface area contributed by atoms with E-state index in [-0.39, 0.29) is 13.2 Å². The van der Waals surface area contributed by atoms with E-state index < -0.39 is 11.7 Å². The third-order valence-corrected chi connectivity index (χ3v) is 6.55. The summed E-state index contributed by atoms with van der Waals surface area (Å²) in [5.74, 6) is -0.389. The average molecular weight is 424 g/mol. The molecule has 30 heavy (non-hydrogen) atoms. The molecule has 2 N–H and O–H groups in total. The summed E-state index contributed by atoms with van der Waals surface area (Å²) in [6, 6.07) is 6.92. The Labute approximate surface area is 175 Å². The van der Waals surface area contributed by atoms with Gasteiger partial charge in [-0.05, 0) is 43.4 Å². The predicted octanol–water partition coefficient (Wildman–Crippen LogP) is 3.19. The Hall–Kier alpha value is -3.20. The number of thiophene rings is 1. The van der Waals surface area contributed by atoms with Crippen LogP contribution in [0.5, 0.6) is 0 Å². The number of aromatic nitrogens is 3. The van der Waals surface area contributed by atoms with Gasteiger partial charge in [0, 0.05) is 4.88 Å². The number of carbonyl (C=O) groups is 1. The zero-order chi connectivity index (χ0) is 20.7.